The molecule has 0 aliphatic carbocycles. The van der Waals surface area contributed by atoms with Crippen LogP contribution in [0.4, 0.5) is 0 Å². The Morgan fingerprint density at radius 3 is 2.65 bits per heavy atom. The summed E-state index contributed by atoms with van der Waals surface area (Å²) in [6.07, 6.45) is 0.771. The molecule has 1 atom stereocenters. The third-order valence-corrected chi connectivity index (χ3v) is 1.64. The quantitative estimate of drug-likeness (QED) is 0.257. The molecular weight excluding hydrogens is 228 g/mol. The number of carbonyl (C=O) groups excluding carboxylic acids is 2. The van der Waals surface area contributed by atoms with Gasteiger partial charge in [-0.15, -0.1) is 6.58 Å². The third-order valence-electron chi connectivity index (χ3n) is 1.64. The Kier molecular flexibility index (Phi) is 8.99. The van der Waals surface area contributed by atoms with Crippen molar-refractivity contribution >= 4 is 11.9 Å². The monoisotopic (exact) mass is 246 g/mol. The molecule has 0 aliphatic rings. The molecule has 0 aromatic rings. The zero-order valence-electron chi connectivity index (χ0n) is 10.1. The van der Waals surface area contributed by atoms with Crippen LogP contribution < -0.4 is 0 Å². The van der Waals surface area contributed by atoms with Crippen LogP contribution in [-0.2, 0) is 28.5 Å². The van der Waals surface area contributed by atoms with Gasteiger partial charge in [-0.2, -0.15) is 0 Å². The molecule has 0 aromatic heterocycles. The lowest BCUT2D eigenvalue weighted by Gasteiger charge is -2.11. The van der Waals surface area contributed by atoms with Crippen LogP contribution in [0, 0.1) is 0 Å². The molecule has 1 unspecified atom stereocenters. The topological polar surface area (TPSA) is 71.1 Å². The van der Waals surface area contributed by atoms with Crippen molar-refractivity contribution in [3.63, 3.8) is 0 Å². The Bertz CT molecular complexity index is 250. The summed E-state index contributed by atoms with van der Waals surface area (Å²) in [5.74, 6) is -1.29. The molecule has 0 saturated heterocycles. The molecule has 0 aliphatic heterocycles. The molecule has 0 aromatic carbocycles. The largest absolute Gasteiger partial charge is 0.452 e. The van der Waals surface area contributed by atoms with E-state index in [1.54, 1.807) is 6.92 Å². The minimum Gasteiger partial charge on any atom is -0.452 e. The van der Waals surface area contributed by atoms with Gasteiger partial charge in [0.05, 0.1) is 6.61 Å². The summed E-state index contributed by atoms with van der Waals surface area (Å²) in [7, 11) is 0. The number of rotatable bonds is 9. The molecule has 0 fully saturated rings. The van der Waals surface area contributed by atoms with Crippen molar-refractivity contribution in [2.75, 3.05) is 26.6 Å². The first-order valence-electron chi connectivity index (χ1n) is 5.24. The maximum Gasteiger partial charge on any atom is 0.346 e. The highest BCUT2D eigenvalue weighted by atomic mass is 16.7. The highest BCUT2D eigenvalue weighted by molar-refractivity contribution is 5.78. The standard InChI is InChI=1S/C11H18O6/c1-4-6-15-9(3)11(13)16-7-10(12)17-8-14-5-2/h4,9H,1,5-8H2,2-3H3. The zero-order valence-corrected chi connectivity index (χ0v) is 10.1. The summed E-state index contributed by atoms with van der Waals surface area (Å²) in [6, 6.07) is 0. The van der Waals surface area contributed by atoms with Gasteiger partial charge in [-0.3, -0.25) is 0 Å². The van der Waals surface area contributed by atoms with Gasteiger partial charge >= 0.3 is 11.9 Å². The molecule has 17 heavy (non-hydrogen) atoms. The van der Waals surface area contributed by atoms with E-state index in [2.05, 4.69) is 16.1 Å². The fraction of sp³-hybridized carbons (Fsp3) is 0.636. The smallest absolute Gasteiger partial charge is 0.346 e. The predicted octanol–water partition coefficient (Wildman–Crippen LogP) is 0.658. The van der Waals surface area contributed by atoms with Crippen LogP contribution in [0.3, 0.4) is 0 Å². The molecule has 6 heteroatoms. The van der Waals surface area contributed by atoms with Crippen LogP contribution >= 0.6 is 0 Å². The number of esters is 2. The van der Waals surface area contributed by atoms with Gasteiger partial charge in [0, 0.05) is 6.61 Å². The summed E-state index contributed by atoms with van der Waals surface area (Å²) in [5, 5.41) is 0. The van der Waals surface area contributed by atoms with E-state index >= 15 is 0 Å². The normalized spacial score (nSPS) is 11.6. The molecule has 0 spiro atoms. The Balaban J connectivity index is 3.67. The second-order valence-corrected chi connectivity index (χ2v) is 3.00. The summed E-state index contributed by atoms with van der Waals surface area (Å²) >= 11 is 0. The van der Waals surface area contributed by atoms with Gasteiger partial charge < -0.3 is 18.9 Å². The zero-order chi connectivity index (χ0) is 13.1. The lowest BCUT2D eigenvalue weighted by atomic mass is 10.4. The van der Waals surface area contributed by atoms with E-state index in [4.69, 9.17) is 9.47 Å². The first kappa shape index (κ1) is 15.6. The Morgan fingerprint density at radius 1 is 1.35 bits per heavy atom. The van der Waals surface area contributed by atoms with Crippen molar-refractivity contribution < 1.29 is 28.5 Å². The highest BCUT2D eigenvalue weighted by Gasteiger charge is 2.16. The van der Waals surface area contributed by atoms with Crippen LogP contribution in [-0.4, -0.2) is 44.7 Å². The van der Waals surface area contributed by atoms with E-state index < -0.39 is 24.6 Å². The van der Waals surface area contributed by atoms with Gasteiger partial charge in [-0.25, -0.2) is 9.59 Å². The van der Waals surface area contributed by atoms with Crippen LogP contribution in [0.5, 0.6) is 0 Å². The average molecular weight is 246 g/mol. The number of hydrogen-bond donors (Lipinski definition) is 0. The molecule has 6 nitrogen and oxygen atoms in total. The molecule has 0 bridgehead atoms. The number of hydrogen-bond acceptors (Lipinski definition) is 6. The summed E-state index contributed by atoms with van der Waals surface area (Å²) in [4.78, 5) is 22.3. The van der Waals surface area contributed by atoms with E-state index in [0.717, 1.165) is 0 Å². The fourth-order valence-corrected chi connectivity index (χ4v) is 0.760. The Hall–Kier alpha value is -1.40. The third kappa shape index (κ3) is 8.41. The fourth-order valence-electron chi connectivity index (χ4n) is 0.760. The van der Waals surface area contributed by atoms with Crippen molar-refractivity contribution in [3.05, 3.63) is 12.7 Å². The van der Waals surface area contributed by atoms with E-state index in [1.165, 1.54) is 13.0 Å². The van der Waals surface area contributed by atoms with Crippen LogP contribution in [0.1, 0.15) is 13.8 Å². The first-order chi connectivity index (χ1) is 8.11. The Labute approximate surface area is 100 Å². The first-order valence-corrected chi connectivity index (χ1v) is 5.24. The highest BCUT2D eigenvalue weighted by Crippen LogP contribution is 1.95. The summed E-state index contributed by atoms with van der Waals surface area (Å²) in [6.45, 7) is 6.83. The van der Waals surface area contributed by atoms with Gasteiger partial charge in [-0.05, 0) is 13.8 Å². The predicted molar refractivity (Wildman–Crippen MR) is 59.2 cm³/mol. The van der Waals surface area contributed by atoms with E-state index in [9.17, 15) is 9.59 Å². The van der Waals surface area contributed by atoms with Gasteiger partial charge in [-0.1, -0.05) is 6.08 Å². The van der Waals surface area contributed by atoms with Gasteiger partial charge in [0.15, 0.2) is 19.5 Å². The number of ether oxygens (including phenoxy) is 4. The molecular formula is C11H18O6. The van der Waals surface area contributed by atoms with Crippen molar-refractivity contribution in [2.45, 2.75) is 20.0 Å². The average Bonchev–Trinajstić information content (AvgIpc) is 2.33. The van der Waals surface area contributed by atoms with Crippen molar-refractivity contribution in [2.24, 2.45) is 0 Å². The molecule has 0 amide bonds. The number of carbonyl (C=O) groups is 2. The second kappa shape index (κ2) is 9.80. The van der Waals surface area contributed by atoms with Gasteiger partial charge in [0.1, 0.15) is 0 Å². The molecule has 0 heterocycles. The van der Waals surface area contributed by atoms with Crippen molar-refractivity contribution in [1.82, 2.24) is 0 Å². The lowest BCUT2D eigenvalue weighted by molar-refractivity contribution is -0.171. The minimum absolute atomic E-state index is 0.143. The van der Waals surface area contributed by atoms with Crippen molar-refractivity contribution in [3.8, 4) is 0 Å². The maximum absolute atomic E-state index is 11.3. The summed E-state index contributed by atoms with van der Waals surface area (Å²) in [5.41, 5.74) is 0. The Morgan fingerprint density at radius 2 is 2.06 bits per heavy atom. The lowest BCUT2D eigenvalue weighted by Crippen LogP contribution is -2.26. The van der Waals surface area contributed by atoms with Crippen molar-refractivity contribution in [1.29, 1.82) is 0 Å². The van der Waals surface area contributed by atoms with Gasteiger partial charge in [0.25, 0.3) is 0 Å². The van der Waals surface area contributed by atoms with E-state index in [1.807, 2.05) is 0 Å². The minimum atomic E-state index is -0.743. The molecule has 0 saturated carbocycles. The summed E-state index contributed by atoms with van der Waals surface area (Å²) < 4.78 is 19.1. The molecule has 0 rings (SSSR count). The van der Waals surface area contributed by atoms with Crippen LogP contribution in [0.25, 0.3) is 0 Å². The maximum atomic E-state index is 11.3. The molecule has 0 N–H and O–H groups in total. The second-order valence-electron chi connectivity index (χ2n) is 3.00. The van der Waals surface area contributed by atoms with E-state index in [0.29, 0.717) is 6.61 Å². The SMILES string of the molecule is C=CCOC(C)C(=O)OCC(=O)OCOCC. The molecule has 98 valence electrons. The van der Waals surface area contributed by atoms with E-state index in [-0.39, 0.29) is 13.4 Å². The van der Waals surface area contributed by atoms with Crippen LogP contribution in [0.2, 0.25) is 0 Å². The van der Waals surface area contributed by atoms with Gasteiger partial charge in [0.2, 0.25) is 0 Å². The molecule has 0 radical (unpaired) electrons. The van der Waals surface area contributed by atoms with Crippen LogP contribution in [0.15, 0.2) is 12.7 Å².